The molecule has 0 spiro atoms. The van der Waals surface area contributed by atoms with Gasteiger partial charge in [-0.05, 0) is 37.6 Å². The first-order valence-corrected chi connectivity index (χ1v) is 16.2. The molecule has 41 heavy (non-hydrogen) atoms. The van der Waals surface area contributed by atoms with Gasteiger partial charge in [0.2, 0.25) is 5.51 Å². The number of nitrogens with one attached hydrogen (secondary N) is 1. The first-order chi connectivity index (χ1) is 19.5. The quantitative estimate of drug-likeness (QED) is 0.116. The zero-order chi connectivity index (χ0) is 28.4. The van der Waals surface area contributed by atoms with E-state index in [9.17, 15) is 4.79 Å². The van der Waals surface area contributed by atoms with Crippen molar-refractivity contribution in [2.75, 3.05) is 18.5 Å². The molecule has 0 aliphatic rings. The minimum Gasteiger partial charge on any atom is -1.00 e. The molecule has 1 N–H and O–H groups in total. The van der Waals surface area contributed by atoms with Gasteiger partial charge in [-0.3, -0.25) is 4.79 Å². The molecular formula is C33H46BrClN2O3S. The summed E-state index contributed by atoms with van der Waals surface area (Å²) in [5.74, 6) is 0.878. The third kappa shape index (κ3) is 14.6. The number of amides is 1. The lowest BCUT2D eigenvalue weighted by atomic mass is 10.1. The Balaban J connectivity index is 0.00000588. The van der Waals surface area contributed by atoms with Crippen LogP contribution in [-0.4, -0.2) is 19.1 Å². The average Bonchev–Trinajstić information content (AvgIpc) is 3.35. The molecule has 2 aromatic carbocycles. The van der Waals surface area contributed by atoms with E-state index in [1.54, 1.807) is 29.5 Å². The van der Waals surface area contributed by atoms with Crippen molar-refractivity contribution in [2.24, 2.45) is 0 Å². The van der Waals surface area contributed by atoms with E-state index in [2.05, 4.69) is 41.5 Å². The molecule has 1 aromatic heterocycles. The van der Waals surface area contributed by atoms with Crippen LogP contribution in [0, 0.1) is 6.92 Å². The van der Waals surface area contributed by atoms with E-state index in [1.807, 2.05) is 18.2 Å². The van der Waals surface area contributed by atoms with Gasteiger partial charge in [0, 0.05) is 22.3 Å². The summed E-state index contributed by atoms with van der Waals surface area (Å²) < 4.78 is 14.0. The van der Waals surface area contributed by atoms with Crippen molar-refractivity contribution in [1.82, 2.24) is 0 Å². The Bertz CT molecular complexity index is 1160. The predicted molar refractivity (Wildman–Crippen MR) is 167 cm³/mol. The van der Waals surface area contributed by atoms with Crippen molar-refractivity contribution in [2.45, 2.75) is 97.4 Å². The van der Waals surface area contributed by atoms with Crippen LogP contribution in [-0.2, 0) is 11.3 Å². The van der Waals surface area contributed by atoms with Crippen LogP contribution in [0.2, 0.25) is 5.02 Å². The van der Waals surface area contributed by atoms with Gasteiger partial charge in [0.1, 0.15) is 0 Å². The molecule has 226 valence electrons. The number of aryl methyl sites for hydroxylation is 1. The average molecular weight is 666 g/mol. The number of ether oxygens (including phenoxy) is 2. The van der Waals surface area contributed by atoms with Crippen molar-refractivity contribution < 1.29 is 35.8 Å². The van der Waals surface area contributed by atoms with Crippen molar-refractivity contribution in [3.05, 3.63) is 69.6 Å². The molecule has 1 amide bonds. The number of rotatable bonds is 20. The lowest BCUT2D eigenvalue weighted by Gasteiger charge is -2.13. The summed E-state index contributed by atoms with van der Waals surface area (Å²) >= 11 is 7.92. The number of halogens is 2. The van der Waals surface area contributed by atoms with Gasteiger partial charge in [-0.2, -0.15) is 4.57 Å². The number of unbranched alkanes of at least 4 members (excludes halogenated alkanes) is 11. The molecule has 1 heterocycles. The van der Waals surface area contributed by atoms with Crippen LogP contribution in [0.15, 0.2) is 54.2 Å². The largest absolute Gasteiger partial charge is 1.00 e. The number of carbonyl (C=O) groups excluding carboxylic acids is 1. The van der Waals surface area contributed by atoms with Gasteiger partial charge in [0.25, 0.3) is 5.91 Å². The molecule has 8 heteroatoms. The second-order valence-corrected chi connectivity index (χ2v) is 12.0. The summed E-state index contributed by atoms with van der Waals surface area (Å²) in [5.41, 5.74) is 3.96. The maximum absolute atomic E-state index is 12.6. The van der Waals surface area contributed by atoms with Crippen LogP contribution in [0.5, 0.6) is 11.5 Å². The number of nitrogens with zero attached hydrogens (tertiary/aromatic N) is 1. The lowest BCUT2D eigenvalue weighted by Crippen LogP contribution is -3.00. The Morgan fingerprint density at radius 3 is 2.22 bits per heavy atom. The number of benzene rings is 2. The SMILES string of the molecule is CCCCCCCCCCCCCCOc1cc(Cl)ccc1OCC(=O)Nc1cccc(C[n+]2csc(C)c2)c1.[Br-]. The highest BCUT2D eigenvalue weighted by molar-refractivity contribution is 7.09. The first kappa shape index (κ1) is 35.1. The van der Waals surface area contributed by atoms with Crippen LogP contribution in [0.3, 0.4) is 0 Å². The first-order valence-electron chi connectivity index (χ1n) is 14.9. The highest BCUT2D eigenvalue weighted by Gasteiger charge is 2.11. The summed E-state index contributed by atoms with van der Waals surface area (Å²) in [6, 6.07) is 13.1. The highest BCUT2D eigenvalue weighted by Crippen LogP contribution is 2.30. The zero-order valence-corrected chi connectivity index (χ0v) is 27.8. The fraction of sp³-hybridized carbons (Fsp3) is 0.515. The maximum atomic E-state index is 12.6. The molecule has 5 nitrogen and oxygen atoms in total. The van der Waals surface area contributed by atoms with Crippen LogP contribution in [0.25, 0.3) is 0 Å². The molecule has 0 fully saturated rings. The molecule has 0 aliphatic heterocycles. The van der Waals surface area contributed by atoms with E-state index in [0.717, 1.165) is 30.6 Å². The fourth-order valence-corrected chi connectivity index (χ4v) is 5.46. The number of thiazole rings is 1. The van der Waals surface area contributed by atoms with Crippen LogP contribution in [0.1, 0.15) is 94.4 Å². The monoisotopic (exact) mass is 664 g/mol. The summed E-state index contributed by atoms with van der Waals surface area (Å²) in [6.45, 7) is 5.61. The van der Waals surface area contributed by atoms with Gasteiger partial charge in [-0.15, -0.1) is 0 Å². The van der Waals surface area contributed by atoms with E-state index >= 15 is 0 Å². The molecule has 0 bridgehead atoms. The van der Waals surface area contributed by atoms with Gasteiger partial charge >= 0.3 is 0 Å². The zero-order valence-electron chi connectivity index (χ0n) is 24.6. The Morgan fingerprint density at radius 2 is 1.56 bits per heavy atom. The van der Waals surface area contributed by atoms with E-state index in [4.69, 9.17) is 21.1 Å². The Morgan fingerprint density at radius 1 is 0.878 bits per heavy atom. The van der Waals surface area contributed by atoms with Gasteiger partial charge in [-0.25, -0.2) is 0 Å². The molecule has 3 rings (SSSR count). The predicted octanol–water partition coefficient (Wildman–Crippen LogP) is 6.15. The Hall–Kier alpha value is -2.09. The van der Waals surface area contributed by atoms with Crippen LogP contribution >= 0.6 is 22.9 Å². The molecule has 0 atom stereocenters. The molecule has 0 radical (unpaired) electrons. The molecule has 0 unspecified atom stereocenters. The summed E-state index contributed by atoms with van der Waals surface area (Å²) in [4.78, 5) is 13.9. The lowest BCUT2D eigenvalue weighted by molar-refractivity contribution is -0.683. The standard InChI is InChI=1S/C33H45ClN2O3S.BrH/c1-3-4-5-6-7-8-9-10-11-12-13-14-20-38-32-22-29(34)18-19-31(32)39-25-33(37)35-30-17-15-16-28(21-30)24-36-23-27(2)40-26-36;/h15-19,21-23,26H,3-14,20,24-25H2,1-2H3;1H. The summed E-state index contributed by atoms with van der Waals surface area (Å²) in [6.07, 6.45) is 17.8. The van der Waals surface area contributed by atoms with Crippen molar-refractivity contribution in [3.63, 3.8) is 0 Å². The second-order valence-electron chi connectivity index (χ2n) is 10.5. The number of carbonyl (C=O) groups is 1. The summed E-state index contributed by atoms with van der Waals surface area (Å²) in [7, 11) is 0. The van der Waals surface area contributed by atoms with E-state index in [-0.39, 0.29) is 29.5 Å². The normalized spacial score (nSPS) is 10.7. The Kier molecular flexibility index (Phi) is 17.8. The third-order valence-corrected chi connectivity index (χ3v) is 7.91. The molecule has 0 aliphatic carbocycles. The van der Waals surface area contributed by atoms with Crippen molar-refractivity contribution in [3.8, 4) is 11.5 Å². The van der Waals surface area contributed by atoms with Gasteiger partial charge in [-0.1, -0.05) is 113 Å². The van der Waals surface area contributed by atoms with Gasteiger partial charge < -0.3 is 31.8 Å². The molecule has 0 saturated carbocycles. The minimum atomic E-state index is -0.224. The number of hydrogen-bond donors (Lipinski definition) is 1. The summed E-state index contributed by atoms with van der Waals surface area (Å²) in [5, 5.41) is 3.51. The van der Waals surface area contributed by atoms with E-state index in [0.29, 0.717) is 23.1 Å². The minimum absolute atomic E-state index is 0. The molecule has 0 saturated heterocycles. The maximum Gasteiger partial charge on any atom is 0.262 e. The van der Waals surface area contributed by atoms with Gasteiger partial charge in [0.05, 0.1) is 11.5 Å². The van der Waals surface area contributed by atoms with Gasteiger partial charge in [0.15, 0.2) is 30.8 Å². The van der Waals surface area contributed by atoms with Crippen LogP contribution in [0.4, 0.5) is 5.69 Å². The van der Waals surface area contributed by atoms with Crippen LogP contribution < -0.4 is 36.3 Å². The topological polar surface area (TPSA) is 51.4 Å². The number of anilines is 1. The van der Waals surface area contributed by atoms with Crippen molar-refractivity contribution in [1.29, 1.82) is 0 Å². The second kappa shape index (κ2) is 20.7. The third-order valence-electron chi connectivity index (χ3n) is 6.82. The van der Waals surface area contributed by atoms with Crippen molar-refractivity contribution >= 4 is 34.5 Å². The smallest absolute Gasteiger partial charge is 0.262 e. The van der Waals surface area contributed by atoms with E-state index in [1.165, 1.54) is 69.1 Å². The Labute approximate surface area is 266 Å². The fourth-order valence-electron chi connectivity index (χ4n) is 4.67. The molecule has 3 aromatic rings. The highest BCUT2D eigenvalue weighted by atomic mass is 79.9. The molecular weight excluding hydrogens is 620 g/mol. The number of aromatic nitrogens is 1. The number of hydrogen-bond acceptors (Lipinski definition) is 4. The van der Waals surface area contributed by atoms with E-state index < -0.39 is 0 Å².